The molecule has 102 valence electrons. The Kier molecular flexibility index (Phi) is 2.86. The molecule has 0 bridgehead atoms. The van der Waals surface area contributed by atoms with Crippen LogP contribution >= 0.6 is 0 Å². The molecule has 4 heteroatoms. The first kappa shape index (κ1) is 12.5. The van der Waals surface area contributed by atoms with Gasteiger partial charge in [0.1, 0.15) is 5.75 Å². The highest BCUT2D eigenvalue weighted by Gasteiger charge is 2.09. The first-order valence-electron chi connectivity index (χ1n) is 6.49. The van der Waals surface area contributed by atoms with E-state index in [2.05, 4.69) is 11.1 Å². The monoisotopic (exact) mass is 267 g/mol. The molecule has 1 aromatic carbocycles. The number of aromatic nitrogens is 2. The van der Waals surface area contributed by atoms with Crippen molar-refractivity contribution in [1.29, 1.82) is 0 Å². The topological polar surface area (TPSA) is 52.5 Å². The van der Waals surface area contributed by atoms with Gasteiger partial charge in [0.05, 0.1) is 18.5 Å². The number of nitrogens with two attached hydrogens (primary N) is 1. The fourth-order valence-electron chi connectivity index (χ4n) is 2.34. The number of nitrogen functional groups attached to an aromatic ring is 1. The van der Waals surface area contributed by atoms with Crippen LogP contribution in [0.4, 0.5) is 5.69 Å². The normalized spacial score (nSPS) is 10.9. The van der Waals surface area contributed by atoms with E-state index in [1.54, 1.807) is 7.11 Å². The zero-order chi connectivity index (χ0) is 14.3. The van der Waals surface area contributed by atoms with Gasteiger partial charge in [0, 0.05) is 18.0 Å². The van der Waals surface area contributed by atoms with Crippen LogP contribution in [0.1, 0.15) is 11.1 Å². The van der Waals surface area contributed by atoms with E-state index in [1.165, 1.54) is 0 Å². The maximum atomic E-state index is 6.08. The summed E-state index contributed by atoms with van der Waals surface area (Å²) in [6.45, 7) is 4.01. The summed E-state index contributed by atoms with van der Waals surface area (Å²) in [6, 6.07) is 8.04. The Morgan fingerprint density at radius 1 is 1.15 bits per heavy atom. The molecule has 0 aliphatic carbocycles. The van der Waals surface area contributed by atoms with Crippen LogP contribution in [0, 0.1) is 13.8 Å². The summed E-state index contributed by atoms with van der Waals surface area (Å²) in [5.41, 5.74) is 11.7. The van der Waals surface area contributed by atoms with E-state index >= 15 is 0 Å². The van der Waals surface area contributed by atoms with Gasteiger partial charge in [-0.1, -0.05) is 0 Å². The molecule has 0 atom stereocenters. The molecule has 0 amide bonds. The lowest BCUT2D eigenvalue weighted by Gasteiger charge is -2.05. The van der Waals surface area contributed by atoms with Crippen LogP contribution in [0.5, 0.6) is 5.75 Å². The lowest BCUT2D eigenvalue weighted by molar-refractivity contribution is 0.412. The second-order valence-corrected chi connectivity index (χ2v) is 4.95. The van der Waals surface area contributed by atoms with Gasteiger partial charge >= 0.3 is 0 Å². The number of benzene rings is 1. The molecule has 0 saturated heterocycles. The molecule has 0 fully saturated rings. The molecule has 0 spiro atoms. The average molecular weight is 267 g/mol. The standard InChI is InChI=1S/C16H17N3O/c1-10-6-7-19-9-13(18-16(19)15(10)17)12-4-5-14(20-3)11(2)8-12/h4-9H,17H2,1-3H3. The van der Waals surface area contributed by atoms with E-state index in [0.29, 0.717) is 0 Å². The third-order valence-corrected chi connectivity index (χ3v) is 3.57. The Balaban J connectivity index is 2.15. The first-order chi connectivity index (χ1) is 9.60. The van der Waals surface area contributed by atoms with Crippen molar-refractivity contribution in [3.63, 3.8) is 0 Å². The number of anilines is 1. The molecule has 0 aliphatic heterocycles. The summed E-state index contributed by atoms with van der Waals surface area (Å²) in [5.74, 6) is 0.882. The van der Waals surface area contributed by atoms with Gasteiger partial charge in [-0.3, -0.25) is 0 Å². The fraction of sp³-hybridized carbons (Fsp3) is 0.188. The molecule has 4 nitrogen and oxygen atoms in total. The SMILES string of the molecule is COc1ccc(-c2cn3ccc(C)c(N)c3n2)cc1C. The molecule has 2 aromatic heterocycles. The number of ether oxygens (including phenoxy) is 1. The van der Waals surface area contributed by atoms with E-state index in [0.717, 1.165) is 39.5 Å². The second kappa shape index (κ2) is 4.56. The van der Waals surface area contributed by atoms with Crippen molar-refractivity contribution < 1.29 is 4.74 Å². The molecule has 2 N–H and O–H groups in total. The van der Waals surface area contributed by atoms with Crippen LogP contribution in [0.2, 0.25) is 0 Å². The molecule has 0 unspecified atom stereocenters. The van der Waals surface area contributed by atoms with Gasteiger partial charge in [-0.2, -0.15) is 0 Å². The Morgan fingerprint density at radius 2 is 1.95 bits per heavy atom. The first-order valence-corrected chi connectivity index (χ1v) is 6.49. The Morgan fingerprint density at radius 3 is 2.65 bits per heavy atom. The molecular weight excluding hydrogens is 250 g/mol. The van der Waals surface area contributed by atoms with Crippen LogP contribution in [-0.4, -0.2) is 16.5 Å². The third-order valence-electron chi connectivity index (χ3n) is 3.57. The van der Waals surface area contributed by atoms with E-state index in [9.17, 15) is 0 Å². The van der Waals surface area contributed by atoms with Gasteiger partial charge in [-0.25, -0.2) is 4.98 Å². The summed E-state index contributed by atoms with van der Waals surface area (Å²) in [5, 5.41) is 0. The van der Waals surface area contributed by atoms with Crippen molar-refractivity contribution >= 4 is 11.3 Å². The van der Waals surface area contributed by atoms with E-state index in [1.807, 2.05) is 48.8 Å². The van der Waals surface area contributed by atoms with E-state index < -0.39 is 0 Å². The number of rotatable bonds is 2. The van der Waals surface area contributed by atoms with Crippen LogP contribution in [0.25, 0.3) is 16.9 Å². The molecule has 0 saturated carbocycles. The van der Waals surface area contributed by atoms with Crippen molar-refractivity contribution in [3.05, 3.63) is 47.8 Å². The highest BCUT2D eigenvalue weighted by Crippen LogP contribution is 2.27. The number of aryl methyl sites for hydroxylation is 2. The van der Waals surface area contributed by atoms with Crippen LogP contribution < -0.4 is 10.5 Å². The van der Waals surface area contributed by atoms with Gasteiger partial charge in [0.15, 0.2) is 5.65 Å². The van der Waals surface area contributed by atoms with Crippen molar-refractivity contribution in [2.45, 2.75) is 13.8 Å². The largest absolute Gasteiger partial charge is 0.496 e. The maximum absolute atomic E-state index is 6.08. The molecule has 3 rings (SSSR count). The highest BCUT2D eigenvalue weighted by atomic mass is 16.5. The fourth-order valence-corrected chi connectivity index (χ4v) is 2.34. The summed E-state index contributed by atoms with van der Waals surface area (Å²) in [4.78, 5) is 4.64. The summed E-state index contributed by atoms with van der Waals surface area (Å²) < 4.78 is 7.24. The number of methoxy groups -OCH3 is 1. The Hall–Kier alpha value is -2.49. The number of nitrogens with zero attached hydrogens (tertiary/aromatic N) is 2. The maximum Gasteiger partial charge on any atom is 0.160 e. The zero-order valence-corrected chi connectivity index (χ0v) is 11.8. The number of imidazole rings is 1. The lowest BCUT2D eigenvalue weighted by Crippen LogP contribution is -1.94. The van der Waals surface area contributed by atoms with Gasteiger partial charge in [-0.05, 0) is 49.2 Å². The van der Waals surface area contributed by atoms with Crippen molar-refractivity contribution in [2.24, 2.45) is 0 Å². The molecular formula is C16H17N3O. The number of hydrogen-bond donors (Lipinski definition) is 1. The summed E-state index contributed by atoms with van der Waals surface area (Å²) in [7, 11) is 1.68. The minimum Gasteiger partial charge on any atom is -0.496 e. The minimum atomic E-state index is 0.726. The minimum absolute atomic E-state index is 0.726. The summed E-state index contributed by atoms with van der Waals surface area (Å²) >= 11 is 0. The van der Waals surface area contributed by atoms with Crippen LogP contribution in [0.3, 0.4) is 0 Å². The lowest BCUT2D eigenvalue weighted by atomic mass is 10.1. The van der Waals surface area contributed by atoms with Crippen molar-refractivity contribution in [3.8, 4) is 17.0 Å². The second-order valence-electron chi connectivity index (χ2n) is 4.95. The number of fused-ring (bicyclic) bond motifs is 1. The van der Waals surface area contributed by atoms with Crippen molar-refractivity contribution in [2.75, 3.05) is 12.8 Å². The number of hydrogen-bond acceptors (Lipinski definition) is 3. The molecule has 0 aliphatic rings. The van der Waals surface area contributed by atoms with Crippen molar-refractivity contribution in [1.82, 2.24) is 9.38 Å². The molecule has 0 radical (unpaired) electrons. The molecule has 20 heavy (non-hydrogen) atoms. The zero-order valence-electron chi connectivity index (χ0n) is 11.8. The molecule has 3 aromatic rings. The van der Waals surface area contributed by atoms with E-state index in [4.69, 9.17) is 10.5 Å². The summed E-state index contributed by atoms with van der Waals surface area (Å²) in [6.07, 6.45) is 3.97. The average Bonchev–Trinajstić information content (AvgIpc) is 2.88. The van der Waals surface area contributed by atoms with Gasteiger partial charge in [-0.15, -0.1) is 0 Å². The predicted octanol–water partition coefficient (Wildman–Crippen LogP) is 3.21. The van der Waals surface area contributed by atoms with E-state index in [-0.39, 0.29) is 0 Å². The quantitative estimate of drug-likeness (QED) is 0.775. The third kappa shape index (κ3) is 1.90. The predicted molar refractivity (Wildman–Crippen MR) is 81.1 cm³/mol. The van der Waals surface area contributed by atoms with Gasteiger partial charge in [0.2, 0.25) is 0 Å². The van der Waals surface area contributed by atoms with Gasteiger partial charge < -0.3 is 14.9 Å². The Bertz CT molecular complexity index is 790. The van der Waals surface area contributed by atoms with Crippen LogP contribution in [0.15, 0.2) is 36.7 Å². The smallest absolute Gasteiger partial charge is 0.160 e. The number of pyridine rings is 1. The highest BCUT2D eigenvalue weighted by molar-refractivity contribution is 5.73. The Labute approximate surface area is 117 Å². The van der Waals surface area contributed by atoms with Gasteiger partial charge in [0.25, 0.3) is 0 Å². The molecule has 2 heterocycles. The van der Waals surface area contributed by atoms with Crippen LogP contribution in [-0.2, 0) is 0 Å².